The second-order valence-corrected chi connectivity index (χ2v) is 5.21. The first-order valence-corrected chi connectivity index (χ1v) is 6.98. The Morgan fingerprint density at radius 2 is 0.913 bits per heavy atom. The van der Waals surface area contributed by atoms with E-state index < -0.39 is 0 Å². The average molecular weight is 510 g/mol. The molecule has 0 radical (unpaired) electrons. The Kier molecular flexibility index (Phi) is 9.68. The van der Waals surface area contributed by atoms with Gasteiger partial charge in [0.15, 0.2) is 0 Å². The van der Waals surface area contributed by atoms with Crippen molar-refractivity contribution in [2.75, 3.05) is 0 Å². The van der Waals surface area contributed by atoms with E-state index in [1.807, 2.05) is 0 Å². The molecule has 0 amide bonds. The van der Waals surface area contributed by atoms with Crippen LogP contribution in [0, 0.1) is 13.8 Å². The van der Waals surface area contributed by atoms with Gasteiger partial charge in [0.2, 0.25) is 0 Å². The topological polar surface area (TPSA) is 0 Å². The molecule has 0 fully saturated rings. The summed E-state index contributed by atoms with van der Waals surface area (Å²) in [7, 11) is 0. The smallest absolute Gasteiger partial charge is 0 e. The van der Waals surface area contributed by atoms with Gasteiger partial charge in [-0.05, 0) is 0 Å². The molecular weight excluding hydrogens is 490 g/mol. The summed E-state index contributed by atoms with van der Waals surface area (Å²) < 4.78 is 0. The first-order chi connectivity index (χ1) is 9.75. The largest absolute Gasteiger partial charge is 0.168 e. The molecule has 0 nitrogen and oxygen atoms in total. The molecule has 0 aliphatic heterocycles. The monoisotopic (exact) mass is 510 g/mol. The van der Waals surface area contributed by atoms with Crippen molar-refractivity contribution in [3.05, 3.63) is 83.9 Å². The van der Waals surface area contributed by atoms with Crippen LogP contribution in [0.15, 0.2) is 72.8 Å². The fourth-order valence-corrected chi connectivity index (χ4v) is 2.61. The van der Waals surface area contributed by atoms with Crippen molar-refractivity contribution < 1.29 is 25.8 Å². The van der Waals surface area contributed by atoms with Crippen molar-refractivity contribution in [1.29, 1.82) is 0 Å². The van der Waals surface area contributed by atoms with Gasteiger partial charge < -0.3 is 0 Å². The van der Waals surface area contributed by atoms with Crippen molar-refractivity contribution in [3.63, 3.8) is 0 Å². The zero-order valence-corrected chi connectivity index (χ0v) is 18.5. The van der Waals surface area contributed by atoms with Gasteiger partial charge in [-0.25, -0.2) is 0 Å². The van der Waals surface area contributed by atoms with Gasteiger partial charge in [-0.2, -0.15) is 24.3 Å². The van der Waals surface area contributed by atoms with E-state index in [2.05, 4.69) is 86.6 Å². The van der Waals surface area contributed by atoms with Gasteiger partial charge >= 0.3 is 0 Å². The van der Waals surface area contributed by atoms with E-state index in [1.54, 1.807) is 0 Å². The van der Waals surface area contributed by atoms with Crippen LogP contribution in [-0.2, 0) is 25.8 Å². The third kappa shape index (κ3) is 5.04. The Morgan fingerprint density at radius 3 is 1.26 bits per heavy atom. The Morgan fingerprint density at radius 1 is 0.565 bits per heavy atom. The summed E-state index contributed by atoms with van der Waals surface area (Å²) in [5.41, 5.74) is 2.74. The third-order valence-electron chi connectivity index (χ3n) is 3.80. The van der Waals surface area contributed by atoms with Gasteiger partial charge in [0, 0.05) is 25.8 Å². The molecule has 0 atom stereocenters. The van der Waals surface area contributed by atoms with E-state index >= 15 is 0 Å². The molecule has 4 aromatic carbocycles. The predicted molar refractivity (Wildman–Crippen MR) is 103 cm³/mol. The summed E-state index contributed by atoms with van der Waals surface area (Å²) in [5, 5.41) is 5.45. The van der Waals surface area contributed by atoms with E-state index in [0.717, 1.165) is 0 Å². The van der Waals surface area contributed by atoms with Crippen LogP contribution in [0.2, 0.25) is 0 Å². The molecule has 0 bridgehead atoms. The van der Waals surface area contributed by atoms with E-state index in [-0.39, 0.29) is 50.7 Å². The Bertz CT molecular complexity index is 771. The van der Waals surface area contributed by atoms with Crippen LogP contribution >= 0.6 is 24.8 Å². The van der Waals surface area contributed by atoms with Crippen LogP contribution in [0.3, 0.4) is 0 Å². The van der Waals surface area contributed by atoms with Crippen molar-refractivity contribution >= 4 is 46.4 Å². The van der Waals surface area contributed by atoms with Crippen LogP contribution in [0.4, 0.5) is 0 Å². The fourth-order valence-electron chi connectivity index (χ4n) is 2.61. The first kappa shape index (κ1) is 22.1. The molecule has 0 N–H and O–H groups in total. The third-order valence-corrected chi connectivity index (χ3v) is 3.80. The van der Waals surface area contributed by atoms with Crippen LogP contribution < -0.4 is 0 Å². The second-order valence-electron chi connectivity index (χ2n) is 5.21. The summed E-state index contributed by atoms with van der Waals surface area (Å²) in [5.74, 6) is 0. The molecule has 0 aliphatic carbocycles. The molecule has 0 heterocycles. The molecule has 0 aliphatic rings. The summed E-state index contributed by atoms with van der Waals surface area (Å²) in [6.45, 7) is 4.28. The molecule has 0 spiro atoms. The number of halogens is 2. The molecular formula is C20H20Cl2Hf-2. The zero-order valence-electron chi connectivity index (χ0n) is 13.2. The van der Waals surface area contributed by atoms with Crippen molar-refractivity contribution in [1.82, 2.24) is 0 Å². The molecule has 0 saturated heterocycles. The first-order valence-electron chi connectivity index (χ1n) is 6.98. The molecule has 4 aromatic rings. The van der Waals surface area contributed by atoms with E-state index in [0.29, 0.717) is 0 Å². The number of fused-ring (bicyclic) bond motifs is 2. The zero-order chi connectivity index (χ0) is 13.9. The summed E-state index contributed by atoms with van der Waals surface area (Å²) >= 11 is 0. The maximum Gasteiger partial charge on any atom is 0 e. The Labute approximate surface area is 169 Å². The van der Waals surface area contributed by atoms with Gasteiger partial charge in [-0.15, -0.1) is 93.9 Å². The normalized spacial score (nSPS) is 9.13. The van der Waals surface area contributed by atoms with Crippen LogP contribution in [0.25, 0.3) is 21.5 Å². The minimum atomic E-state index is 0. The standard InChI is InChI=1S/2C10H9.2ClH.Hf/c2*1-8-6-7-9-4-2-3-5-10(8)9;;;/h2*2-7H,1H3;2*1H;/q2*-1;;;. The van der Waals surface area contributed by atoms with Gasteiger partial charge in [0.05, 0.1) is 0 Å². The number of hydrogen-bond acceptors (Lipinski definition) is 0. The molecule has 0 unspecified atom stereocenters. The number of rotatable bonds is 0. The van der Waals surface area contributed by atoms with Crippen LogP contribution in [-0.4, -0.2) is 0 Å². The van der Waals surface area contributed by atoms with Crippen LogP contribution in [0.5, 0.6) is 0 Å². The molecule has 4 rings (SSSR count). The summed E-state index contributed by atoms with van der Waals surface area (Å²) in [6, 6.07) is 25.5. The van der Waals surface area contributed by atoms with Crippen LogP contribution in [0.1, 0.15) is 11.1 Å². The number of benzene rings is 2. The molecule has 0 saturated carbocycles. The van der Waals surface area contributed by atoms with E-state index in [9.17, 15) is 0 Å². The van der Waals surface area contributed by atoms with Crippen molar-refractivity contribution in [2.45, 2.75) is 13.8 Å². The second kappa shape index (κ2) is 10.1. The molecule has 23 heavy (non-hydrogen) atoms. The van der Waals surface area contributed by atoms with Gasteiger partial charge in [0.25, 0.3) is 0 Å². The summed E-state index contributed by atoms with van der Waals surface area (Å²) in [6.07, 6.45) is 0. The maximum absolute atomic E-state index is 2.16. The Balaban J connectivity index is 0.000000372. The van der Waals surface area contributed by atoms with E-state index in [4.69, 9.17) is 0 Å². The van der Waals surface area contributed by atoms with Gasteiger partial charge in [-0.3, -0.25) is 0 Å². The number of hydrogen-bond donors (Lipinski definition) is 0. The predicted octanol–water partition coefficient (Wildman–Crippen LogP) is 6.58. The van der Waals surface area contributed by atoms with Crippen molar-refractivity contribution in [3.8, 4) is 0 Å². The quantitative estimate of drug-likeness (QED) is 0.186. The van der Waals surface area contributed by atoms with Gasteiger partial charge in [0.1, 0.15) is 0 Å². The SMILES string of the molecule is C[c-]1ccc2ccccc21.C[c-]1ccc2ccccc21.Cl.Cl.[Hf]. The number of aryl methyl sites for hydroxylation is 2. The Hall–Kier alpha value is -0.890. The minimum Gasteiger partial charge on any atom is -0.168 e. The fraction of sp³-hybridized carbons (Fsp3) is 0.100. The van der Waals surface area contributed by atoms with Crippen molar-refractivity contribution in [2.24, 2.45) is 0 Å². The average Bonchev–Trinajstić information content (AvgIpc) is 3.05. The molecule has 0 aromatic heterocycles. The van der Waals surface area contributed by atoms with Gasteiger partial charge in [-0.1, -0.05) is 26.0 Å². The maximum atomic E-state index is 2.16. The minimum absolute atomic E-state index is 0. The van der Waals surface area contributed by atoms with E-state index in [1.165, 1.54) is 32.7 Å². The molecule has 120 valence electrons. The molecule has 3 heteroatoms. The summed E-state index contributed by atoms with van der Waals surface area (Å²) in [4.78, 5) is 0.